The summed E-state index contributed by atoms with van der Waals surface area (Å²) in [4.78, 5) is 12.3. The molecule has 1 fully saturated rings. The minimum atomic E-state index is -0.175. The van der Waals surface area contributed by atoms with Crippen molar-refractivity contribution in [2.45, 2.75) is 38.6 Å². The van der Waals surface area contributed by atoms with E-state index in [1.165, 1.54) is 0 Å². The highest BCUT2D eigenvalue weighted by Crippen LogP contribution is 2.37. The molecular weight excluding hydrogens is 276 g/mol. The Bertz CT molecular complexity index is 639. The normalized spacial score (nSPS) is 14.8. The monoisotopic (exact) mass is 292 g/mol. The van der Waals surface area contributed by atoms with E-state index in [1.54, 1.807) is 6.07 Å². The number of nitrogens with zero attached hydrogens (tertiary/aromatic N) is 2. The molecule has 6 heteroatoms. The Morgan fingerprint density at radius 1 is 1.50 bits per heavy atom. The maximum Gasteiger partial charge on any atom is 0.273 e. The number of carbonyl (C=O) groups is 1. The van der Waals surface area contributed by atoms with Crippen LogP contribution >= 0.6 is 11.6 Å². The number of hydrogen-bond acceptors (Lipinski definition) is 2. The second-order valence-corrected chi connectivity index (χ2v) is 5.94. The number of rotatable bonds is 4. The first-order valence-corrected chi connectivity index (χ1v) is 7.16. The maximum absolute atomic E-state index is 12.3. The number of hydrogen-bond donors (Lipinski definition) is 2. The third kappa shape index (κ3) is 2.58. The highest BCUT2D eigenvalue weighted by molar-refractivity contribution is 6.31. The van der Waals surface area contributed by atoms with Crippen molar-refractivity contribution in [3.8, 4) is 0 Å². The number of H-pyrrole nitrogens is 1. The van der Waals surface area contributed by atoms with Gasteiger partial charge in [-0.05, 0) is 24.8 Å². The van der Waals surface area contributed by atoms with Crippen LogP contribution in [0.3, 0.4) is 0 Å². The van der Waals surface area contributed by atoms with Crippen LogP contribution in [0.5, 0.6) is 0 Å². The summed E-state index contributed by atoms with van der Waals surface area (Å²) in [5, 5.41) is 10.4. The number of aromatic amines is 1. The molecule has 1 aliphatic rings. The highest BCUT2D eigenvalue weighted by Gasteiger charge is 2.28. The largest absolute Gasteiger partial charge is 0.339 e. The lowest BCUT2D eigenvalue weighted by atomic mass is 10.1. The third-order valence-electron chi connectivity index (χ3n) is 3.45. The van der Waals surface area contributed by atoms with Gasteiger partial charge in [-0.25, -0.2) is 0 Å². The second kappa shape index (κ2) is 4.98. The minimum absolute atomic E-state index is 0.175. The average molecular weight is 293 g/mol. The van der Waals surface area contributed by atoms with Crippen LogP contribution in [0.25, 0.3) is 0 Å². The van der Waals surface area contributed by atoms with Crippen molar-refractivity contribution < 1.29 is 4.79 Å². The van der Waals surface area contributed by atoms with Crippen LogP contribution in [0.4, 0.5) is 5.82 Å². The van der Waals surface area contributed by atoms with Gasteiger partial charge < -0.3 is 9.88 Å². The predicted molar refractivity (Wildman–Crippen MR) is 78.3 cm³/mol. The Morgan fingerprint density at radius 2 is 2.25 bits per heavy atom. The van der Waals surface area contributed by atoms with Gasteiger partial charge in [0.05, 0.1) is 5.02 Å². The smallest absolute Gasteiger partial charge is 0.273 e. The number of amides is 1. The van der Waals surface area contributed by atoms with E-state index < -0.39 is 0 Å². The Hall–Kier alpha value is -1.75. The topological polar surface area (TPSA) is 62.7 Å². The van der Waals surface area contributed by atoms with Crippen LogP contribution < -0.4 is 5.32 Å². The Labute approximate surface area is 122 Å². The molecule has 0 bridgehead atoms. The highest BCUT2D eigenvalue weighted by atomic mass is 35.5. The van der Waals surface area contributed by atoms with E-state index in [0.29, 0.717) is 28.5 Å². The summed E-state index contributed by atoms with van der Waals surface area (Å²) in [5.74, 6) is 0.710. The van der Waals surface area contributed by atoms with Gasteiger partial charge in [0.25, 0.3) is 5.91 Å². The van der Waals surface area contributed by atoms with Crippen molar-refractivity contribution in [2.75, 3.05) is 5.32 Å². The van der Waals surface area contributed by atoms with Gasteiger partial charge in [0, 0.05) is 24.0 Å². The molecule has 106 valence electrons. The second-order valence-electron chi connectivity index (χ2n) is 5.50. The molecule has 3 rings (SSSR count). The van der Waals surface area contributed by atoms with Crippen LogP contribution in [0.15, 0.2) is 18.3 Å². The molecule has 0 radical (unpaired) electrons. The first-order valence-electron chi connectivity index (χ1n) is 6.78. The number of aromatic nitrogens is 3. The molecule has 2 aromatic rings. The Kier molecular flexibility index (Phi) is 3.30. The quantitative estimate of drug-likeness (QED) is 0.905. The fraction of sp³-hybridized carbons (Fsp3) is 0.429. The van der Waals surface area contributed by atoms with Crippen molar-refractivity contribution >= 4 is 23.3 Å². The van der Waals surface area contributed by atoms with E-state index in [9.17, 15) is 4.79 Å². The zero-order chi connectivity index (χ0) is 14.3. The molecule has 0 atom stereocenters. The molecule has 0 spiro atoms. The first kappa shape index (κ1) is 13.2. The fourth-order valence-electron chi connectivity index (χ4n) is 2.16. The molecular formula is C14H17ClN4O. The lowest BCUT2D eigenvalue weighted by Crippen LogP contribution is -2.16. The molecule has 2 N–H and O–H groups in total. The standard InChI is InChI=1S/C14H17ClN4O/c1-8(2)11-6-13(18-17-11)16-14(20)12-5-9(15)7-19(12)10-3-4-10/h5-8,10H,3-4H2,1-2H3,(H2,16,17,18,20). The van der Waals surface area contributed by atoms with Crippen molar-refractivity contribution in [2.24, 2.45) is 0 Å². The van der Waals surface area contributed by atoms with Crippen LogP contribution in [0.2, 0.25) is 5.02 Å². The number of anilines is 1. The first-order chi connectivity index (χ1) is 9.54. The number of halogens is 1. The van der Waals surface area contributed by atoms with Crippen LogP contribution in [0.1, 0.15) is 54.8 Å². The van der Waals surface area contributed by atoms with Gasteiger partial charge in [-0.1, -0.05) is 25.4 Å². The molecule has 1 saturated carbocycles. The molecule has 0 unspecified atom stereocenters. The molecule has 1 aliphatic carbocycles. The van der Waals surface area contributed by atoms with E-state index >= 15 is 0 Å². The molecule has 0 aliphatic heterocycles. The average Bonchev–Trinajstić information content (AvgIpc) is 3.00. The number of nitrogens with one attached hydrogen (secondary N) is 2. The summed E-state index contributed by atoms with van der Waals surface area (Å²) in [6.45, 7) is 4.13. The molecule has 2 aromatic heterocycles. The molecule has 1 amide bonds. The SMILES string of the molecule is CC(C)c1cc(NC(=O)c2cc(Cl)cn2C2CC2)n[nH]1. The predicted octanol–water partition coefficient (Wildman–Crippen LogP) is 3.58. The summed E-state index contributed by atoms with van der Waals surface area (Å²) >= 11 is 6.01. The molecule has 2 heterocycles. The maximum atomic E-state index is 12.3. The van der Waals surface area contributed by atoms with Crippen molar-refractivity contribution in [3.05, 3.63) is 34.7 Å². The summed E-state index contributed by atoms with van der Waals surface area (Å²) < 4.78 is 1.95. The summed E-state index contributed by atoms with van der Waals surface area (Å²) in [7, 11) is 0. The third-order valence-corrected chi connectivity index (χ3v) is 3.66. The Balaban J connectivity index is 1.78. The van der Waals surface area contributed by atoms with Crippen LogP contribution in [-0.2, 0) is 0 Å². The summed E-state index contributed by atoms with van der Waals surface area (Å²) in [5.41, 5.74) is 1.59. The van der Waals surface area contributed by atoms with Crippen molar-refractivity contribution in [1.29, 1.82) is 0 Å². The van der Waals surface area contributed by atoms with E-state index in [-0.39, 0.29) is 5.91 Å². The van der Waals surface area contributed by atoms with Gasteiger partial charge in [0.15, 0.2) is 5.82 Å². The van der Waals surface area contributed by atoms with Gasteiger partial charge >= 0.3 is 0 Å². The number of carbonyl (C=O) groups excluding carboxylic acids is 1. The van der Waals surface area contributed by atoms with Crippen LogP contribution in [-0.4, -0.2) is 20.7 Å². The van der Waals surface area contributed by atoms with Crippen molar-refractivity contribution in [3.63, 3.8) is 0 Å². The van der Waals surface area contributed by atoms with E-state index in [4.69, 9.17) is 11.6 Å². The molecule has 0 aromatic carbocycles. The lowest BCUT2D eigenvalue weighted by molar-refractivity contribution is 0.101. The summed E-state index contributed by atoms with van der Waals surface area (Å²) in [6, 6.07) is 3.97. The Morgan fingerprint density at radius 3 is 2.85 bits per heavy atom. The van der Waals surface area contributed by atoms with Gasteiger partial charge in [-0.2, -0.15) is 5.10 Å². The zero-order valence-electron chi connectivity index (χ0n) is 11.5. The van der Waals surface area contributed by atoms with Gasteiger partial charge in [0.1, 0.15) is 5.69 Å². The van der Waals surface area contributed by atoms with Crippen molar-refractivity contribution in [1.82, 2.24) is 14.8 Å². The zero-order valence-corrected chi connectivity index (χ0v) is 12.2. The van der Waals surface area contributed by atoms with Gasteiger partial charge in [-0.15, -0.1) is 0 Å². The lowest BCUT2D eigenvalue weighted by Gasteiger charge is -2.06. The fourth-order valence-corrected chi connectivity index (χ4v) is 2.37. The van der Waals surface area contributed by atoms with E-state index in [1.807, 2.05) is 16.8 Å². The van der Waals surface area contributed by atoms with E-state index in [2.05, 4.69) is 29.4 Å². The van der Waals surface area contributed by atoms with Gasteiger partial charge in [-0.3, -0.25) is 9.89 Å². The minimum Gasteiger partial charge on any atom is -0.339 e. The van der Waals surface area contributed by atoms with Crippen LogP contribution in [0, 0.1) is 0 Å². The molecule has 0 saturated heterocycles. The van der Waals surface area contributed by atoms with Gasteiger partial charge in [0.2, 0.25) is 0 Å². The molecule has 20 heavy (non-hydrogen) atoms. The summed E-state index contributed by atoms with van der Waals surface area (Å²) in [6.07, 6.45) is 4.02. The van der Waals surface area contributed by atoms with E-state index in [0.717, 1.165) is 18.5 Å². The molecule has 5 nitrogen and oxygen atoms in total.